The highest BCUT2D eigenvalue weighted by atomic mass is 79.9. The second kappa shape index (κ2) is 4.12. The first-order valence-corrected chi connectivity index (χ1v) is 5.32. The van der Waals surface area contributed by atoms with Gasteiger partial charge in [0.2, 0.25) is 0 Å². The van der Waals surface area contributed by atoms with Crippen LogP contribution in [-0.4, -0.2) is 14.5 Å². The van der Waals surface area contributed by atoms with E-state index in [1.54, 1.807) is 12.4 Å². The fraction of sp³-hybridized carbons (Fsp3) is 0.200. The Morgan fingerprint density at radius 2 is 2.20 bits per heavy atom. The van der Waals surface area contributed by atoms with Gasteiger partial charge in [0.05, 0.1) is 5.69 Å². The normalized spacial score (nSPS) is 12.7. The largest absolute Gasteiger partial charge is 0.336 e. The van der Waals surface area contributed by atoms with Gasteiger partial charge in [0, 0.05) is 30.1 Å². The Morgan fingerprint density at radius 3 is 2.80 bits per heavy atom. The van der Waals surface area contributed by atoms with Crippen LogP contribution < -0.4 is 5.73 Å². The van der Waals surface area contributed by atoms with Crippen molar-refractivity contribution in [2.24, 2.45) is 12.8 Å². The quantitative estimate of drug-likeness (QED) is 0.899. The number of nitrogens with zero attached hydrogens (tertiary/aromatic N) is 3. The van der Waals surface area contributed by atoms with Gasteiger partial charge in [-0.1, -0.05) is 0 Å². The van der Waals surface area contributed by atoms with Crippen molar-refractivity contribution in [3.63, 3.8) is 0 Å². The van der Waals surface area contributed by atoms with Crippen LogP contribution in [0.15, 0.2) is 35.2 Å². The van der Waals surface area contributed by atoms with Crippen molar-refractivity contribution in [2.75, 3.05) is 0 Å². The molecule has 5 heteroatoms. The fourth-order valence-corrected chi connectivity index (χ4v) is 1.93. The summed E-state index contributed by atoms with van der Waals surface area (Å²) in [5.74, 6) is 0.800. The molecule has 0 aliphatic rings. The number of aromatic nitrogens is 3. The topological polar surface area (TPSA) is 56.7 Å². The number of pyridine rings is 1. The summed E-state index contributed by atoms with van der Waals surface area (Å²) in [5.41, 5.74) is 6.88. The van der Waals surface area contributed by atoms with Gasteiger partial charge in [-0.3, -0.25) is 4.98 Å². The summed E-state index contributed by atoms with van der Waals surface area (Å²) in [6.07, 6.45) is 5.32. The van der Waals surface area contributed by atoms with Crippen LogP contribution >= 0.6 is 15.9 Å². The molecule has 0 spiro atoms. The SMILES string of the molecule is Cn1ccnc1C(N)c1ncccc1Br. The maximum atomic E-state index is 6.09. The van der Waals surface area contributed by atoms with Crippen molar-refractivity contribution >= 4 is 15.9 Å². The smallest absolute Gasteiger partial charge is 0.131 e. The molecule has 0 aliphatic heterocycles. The van der Waals surface area contributed by atoms with Crippen LogP contribution in [-0.2, 0) is 7.05 Å². The van der Waals surface area contributed by atoms with E-state index in [1.165, 1.54) is 0 Å². The minimum absolute atomic E-state index is 0.305. The highest BCUT2D eigenvalue weighted by Crippen LogP contribution is 2.22. The zero-order valence-corrected chi connectivity index (χ0v) is 9.85. The van der Waals surface area contributed by atoms with Gasteiger partial charge in [-0.05, 0) is 28.1 Å². The zero-order valence-electron chi connectivity index (χ0n) is 8.26. The van der Waals surface area contributed by atoms with E-state index in [0.29, 0.717) is 0 Å². The van der Waals surface area contributed by atoms with Crippen LogP contribution in [0.4, 0.5) is 0 Å². The van der Waals surface area contributed by atoms with E-state index < -0.39 is 0 Å². The van der Waals surface area contributed by atoms with E-state index in [9.17, 15) is 0 Å². The fourth-order valence-electron chi connectivity index (χ4n) is 1.43. The Kier molecular flexibility index (Phi) is 2.83. The lowest BCUT2D eigenvalue weighted by Crippen LogP contribution is -2.18. The van der Waals surface area contributed by atoms with E-state index in [0.717, 1.165) is 16.0 Å². The Labute approximate surface area is 96.3 Å². The zero-order chi connectivity index (χ0) is 10.8. The van der Waals surface area contributed by atoms with E-state index in [-0.39, 0.29) is 6.04 Å². The summed E-state index contributed by atoms with van der Waals surface area (Å²) in [7, 11) is 1.92. The molecule has 15 heavy (non-hydrogen) atoms. The van der Waals surface area contributed by atoms with Crippen molar-refractivity contribution in [1.82, 2.24) is 14.5 Å². The number of rotatable bonds is 2. The Morgan fingerprint density at radius 1 is 1.40 bits per heavy atom. The molecule has 0 bridgehead atoms. The average Bonchev–Trinajstić information content (AvgIpc) is 2.64. The number of halogens is 1. The van der Waals surface area contributed by atoms with E-state index in [4.69, 9.17) is 5.73 Å². The van der Waals surface area contributed by atoms with Gasteiger partial charge < -0.3 is 10.3 Å². The first kappa shape index (κ1) is 10.3. The van der Waals surface area contributed by atoms with E-state index >= 15 is 0 Å². The molecule has 2 heterocycles. The Bertz CT molecular complexity index is 466. The van der Waals surface area contributed by atoms with Crippen LogP contribution in [0, 0.1) is 0 Å². The van der Waals surface area contributed by atoms with Gasteiger partial charge >= 0.3 is 0 Å². The first-order valence-electron chi connectivity index (χ1n) is 4.53. The maximum Gasteiger partial charge on any atom is 0.131 e. The van der Waals surface area contributed by atoms with Crippen molar-refractivity contribution in [3.05, 3.63) is 46.7 Å². The molecular weight excluding hydrogens is 256 g/mol. The predicted octanol–water partition coefficient (Wildman–Crippen LogP) is 1.63. The second-order valence-electron chi connectivity index (χ2n) is 3.24. The molecule has 0 saturated carbocycles. The van der Waals surface area contributed by atoms with Gasteiger partial charge in [-0.15, -0.1) is 0 Å². The van der Waals surface area contributed by atoms with Crippen molar-refractivity contribution in [3.8, 4) is 0 Å². The second-order valence-corrected chi connectivity index (χ2v) is 4.10. The molecule has 0 saturated heterocycles. The summed E-state index contributed by atoms with van der Waals surface area (Å²) in [6, 6.07) is 3.48. The summed E-state index contributed by atoms with van der Waals surface area (Å²) in [4.78, 5) is 8.46. The highest BCUT2D eigenvalue weighted by Gasteiger charge is 2.16. The highest BCUT2D eigenvalue weighted by molar-refractivity contribution is 9.10. The predicted molar refractivity (Wildman–Crippen MR) is 61.2 cm³/mol. The Balaban J connectivity index is 2.41. The minimum Gasteiger partial charge on any atom is -0.336 e. The summed E-state index contributed by atoms with van der Waals surface area (Å²) in [5, 5.41) is 0. The summed E-state index contributed by atoms with van der Waals surface area (Å²) >= 11 is 3.43. The first-order chi connectivity index (χ1) is 7.20. The van der Waals surface area contributed by atoms with Gasteiger partial charge in [0.25, 0.3) is 0 Å². The molecule has 78 valence electrons. The molecule has 2 rings (SSSR count). The van der Waals surface area contributed by atoms with Crippen LogP contribution in [0.25, 0.3) is 0 Å². The van der Waals surface area contributed by atoms with Crippen molar-refractivity contribution < 1.29 is 0 Å². The van der Waals surface area contributed by atoms with Crippen LogP contribution in [0.2, 0.25) is 0 Å². The molecule has 1 atom stereocenters. The molecule has 2 aromatic rings. The molecule has 1 unspecified atom stereocenters. The number of aryl methyl sites for hydroxylation is 1. The standard InChI is InChI=1S/C10H11BrN4/c1-15-6-5-14-10(15)8(12)9-7(11)3-2-4-13-9/h2-6,8H,12H2,1H3. The lowest BCUT2D eigenvalue weighted by atomic mass is 10.2. The number of hydrogen-bond acceptors (Lipinski definition) is 3. The Hall–Kier alpha value is -1.20. The molecule has 0 aliphatic carbocycles. The van der Waals surface area contributed by atoms with Crippen LogP contribution in [0.5, 0.6) is 0 Å². The molecule has 0 amide bonds. The van der Waals surface area contributed by atoms with Gasteiger partial charge in [0.1, 0.15) is 11.9 Å². The van der Waals surface area contributed by atoms with E-state index in [1.807, 2.05) is 29.9 Å². The summed E-state index contributed by atoms with van der Waals surface area (Å²) < 4.78 is 2.80. The molecular formula is C10H11BrN4. The number of imidazole rings is 1. The minimum atomic E-state index is -0.305. The molecule has 0 aromatic carbocycles. The van der Waals surface area contributed by atoms with Crippen molar-refractivity contribution in [2.45, 2.75) is 6.04 Å². The molecule has 2 aromatic heterocycles. The third-order valence-corrected chi connectivity index (χ3v) is 2.89. The van der Waals surface area contributed by atoms with Crippen LogP contribution in [0.1, 0.15) is 17.6 Å². The van der Waals surface area contributed by atoms with E-state index in [2.05, 4.69) is 25.9 Å². The molecule has 4 nitrogen and oxygen atoms in total. The molecule has 0 radical (unpaired) electrons. The monoisotopic (exact) mass is 266 g/mol. The van der Waals surface area contributed by atoms with Gasteiger partial charge in [0.15, 0.2) is 0 Å². The van der Waals surface area contributed by atoms with Gasteiger partial charge in [-0.2, -0.15) is 0 Å². The van der Waals surface area contributed by atoms with Crippen molar-refractivity contribution in [1.29, 1.82) is 0 Å². The maximum absolute atomic E-state index is 6.09. The average molecular weight is 267 g/mol. The molecule has 2 N–H and O–H groups in total. The third-order valence-electron chi connectivity index (χ3n) is 2.22. The lowest BCUT2D eigenvalue weighted by Gasteiger charge is -2.12. The number of nitrogens with two attached hydrogens (primary N) is 1. The van der Waals surface area contributed by atoms with Gasteiger partial charge in [-0.25, -0.2) is 4.98 Å². The summed E-state index contributed by atoms with van der Waals surface area (Å²) in [6.45, 7) is 0. The lowest BCUT2D eigenvalue weighted by molar-refractivity contribution is 0.697. The number of hydrogen-bond donors (Lipinski definition) is 1. The third kappa shape index (κ3) is 1.93. The van der Waals surface area contributed by atoms with Crippen LogP contribution in [0.3, 0.4) is 0 Å². The molecule has 0 fully saturated rings.